The molecule has 0 saturated carbocycles. The number of ether oxygens (including phenoxy) is 2. The topological polar surface area (TPSA) is 64.5 Å². The van der Waals surface area contributed by atoms with Gasteiger partial charge in [-0.1, -0.05) is 4.99 Å². The van der Waals surface area contributed by atoms with E-state index in [0.29, 0.717) is 36.3 Å². The molecule has 0 N–H and O–H groups in total. The van der Waals surface area contributed by atoms with Crippen molar-refractivity contribution >= 4 is 11.7 Å². The standard InChI is InChI=1S/C24H25FN5O2/c1-14(2)30-16(4)27-24(30)21-13-29-9-10-31-22-11-17(5-6-19(22)23(29)28-21)32-15(3)18-7-8-26-12-20(18)25/h5-8,11-15H,9-10H2,1-4H3/q+1. The second-order valence-corrected chi connectivity index (χ2v) is 8.25. The van der Waals surface area contributed by atoms with Crippen LogP contribution in [-0.4, -0.2) is 43.4 Å². The lowest BCUT2D eigenvalue weighted by molar-refractivity contribution is -0.457. The average Bonchev–Trinajstić information content (AvgIpc) is 3.07. The zero-order valence-corrected chi connectivity index (χ0v) is 18.5. The third-order valence-electron chi connectivity index (χ3n) is 5.70. The number of benzene rings is 1. The van der Waals surface area contributed by atoms with Crippen molar-refractivity contribution < 1.29 is 18.4 Å². The van der Waals surface area contributed by atoms with E-state index in [1.54, 1.807) is 12.3 Å². The lowest BCUT2D eigenvalue weighted by Crippen LogP contribution is -2.39. The molecule has 5 rings (SSSR count). The quantitative estimate of drug-likeness (QED) is 0.564. The number of pyridine rings is 1. The van der Waals surface area contributed by atoms with Gasteiger partial charge in [-0.2, -0.15) is 0 Å². The van der Waals surface area contributed by atoms with Gasteiger partial charge in [0.15, 0.2) is 5.69 Å². The zero-order valence-electron chi connectivity index (χ0n) is 18.5. The number of imidazole rings is 1. The van der Waals surface area contributed by atoms with Crippen molar-refractivity contribution in [2.75, 3.05) is 6.61 Å². The Morgan fingerprint density at radius 1 is 1.22 bits per heavy atom. The Morgan fingerprint density at radius 3 is 2.81 bits per heavy atom. The van der Waals surface area contributed by atoms with Gasteiger partial charge in [0.05, 0.1) is 24.3 Å². The SMILES string of the molecule is CC1=NC(c2cn3c(n2)-c2ccc(OC(C)c4ccncc4F)cc2OCC3)=[N+]1C(C)C. The molecule has 8 heteroatoms. The molecule has 0 aliphatic carbocycles. The largest absolute Gasteiger partial charge is 0.491 e. The van der Waals surface area contributed by atoms with Crippen LogP contribution in [-0.2, 0) is 6.54 Å². The van der Waals surface area contributed by atoms with Crippen LogP contribution < -0.4 is 9.47 Å². The molecule has 0 radical (unpaired) electrons. The Labute approximate surface area is 185 Å². The second-order valence-electron chi connectivity index (χ2n) is 8.25. The molecule has 0 saturated heterocycles. The van der Waals surface area contributed by atoms with E-state index in [4.69, 9.17) is 14.5 Å². The molecule has 7 nitrogen and oxygen atoms in total. The van der Waals surface area contributed by atoms with Crippen LogP contribution in [0.5, 0.6) is 11.5 Å². The maximum Gasteiger partial charge on any atom is 0.294 e. The van der Waals surface area contributed by atoms with Crippen LogP contribution in [0.4, 0.5) is 4.39 Å². The maximum atomic E-state index is 14.0. The van der Waals surface area contributed by atoms with Gasteiger partial charge in [0.25, 0.3) is 5.84 Å². The van der Waals surface area contributed by atoms with Gasteiger partial charge in [0, 0.05) is 30.9 Å². The predicted octanol–water partition coefficient (Wildman–Crippen LogP) is 4.22. The van der Waals surface area contributed by atoms with Gasteiger partial charge in [-0.3, -0.25) is 4.98 Å². The van der Waals surface area contributed by atoms with Gasteiger partial charge < -0.3 is 14.0 Å². The summed E-state index contributed by atoms with van der Waals surface area (Å²) in [5.74, 6) is 3.65. The summed E-state index contributed by atoms with van der Waals surface area (Å²) >= 11 is 0. The summed E-state index contributed by atoms with van der Waals surface area (Å²) in [7, 11) is 0. The molecule has 0 bridgehead atoms. The monoisotopic (exact) mass is 434 g/mol. The highest BCUT2D eigenvalue weighted by atomic mass is 19.1. The molecular weight excluding hydrogens is 409 g/mol. The van der Waals surface area contributed by atoms with Crippen molar-refractivity contribution in [3.05, 3.63) is 59.9 Å². The molecule has 164 valence electrons. The number of fused-ring (bicyclic) bond motifs is 3. The maximum absolute atomic E-state index is 14.0. The van der Waals surface area contributed by atoms with Crippen molar-refractivity contribution in [1.82, 2.24) is 14.5 Å². The van der Waals surface area contributed by atoms with E-state index in [0.717, 1.165) is 28.8 Å². The van der Waals surface area contributed by atoms with Crippen molar-refractivity contribution in [2.45, 2.75) is 46.4 Å². The fourth-order valence-electron chi connectivity index (χ4n) is 4.19. The number of halogens is 1. The summed E-state index contributed by atoms with van der Waals surface area (Å²) in [6.07, 6.45) is 4.32. The molecule has 32 heavy (non-hydrogen) atoms. The van der Waals surface area contributed by atoms with Crippen molar-refractivity contribution in [2.24, 2.45) is 4.99 Å². The Bertz CT molecular complexity index is 1260. The number of nitrogens with zero attached hydrogens (tertiary/aromatic N) is 5. The second kappa shape index (κ2) is 7.85. The Balaban J connectivity index is 1.45. The lowest BCUT2D eigenvalue weighted by Gasteiger charge is -2.18. The summed E-state index contributed by atoms with van der Waals surface area (Å²) in [5.41, 5.74) is 2.20. The highest BCUT2D eigenvalue weighted by Crippen LogP contribution is 2.36. The molecule has 0 amide bonds. The van der Waals surface area contributed by atoms with Crippen LogP contribution >= 0.6 is 0 Å². The predicted molar refractivity (Wildman–Crippen MR) is 119 cm³/mol. The normalized spacial score (nSPS) is 15.9. The zero-order chi connectivity index (χ0) is 22.4. The number of hydrogen-bond donors (Lipinski definition) is 0. The third-order valence-corrected chi connectivity index (χ3v) is 5.70. The van der Waals surface area contributed by atoms with Crippen LogP contribution in [0.2, 0.25) is 0 Å². The van der Waals surface area contributed by atoms with E-state index in [-0.39, 0.29) is 5.82 Å². The first kappa shape index (κ1) is 20.4. The minimum Gasteiger partial charge on any atom is -0.491 e. The molecule has 2 aliphatic rings. The van der Waals surface area contributed by atoms with Gasteiger partial charge in [0.1, 0.15) is 35.9 Å². The summed E-state index contributed by atoms with van der Waals surface area (Å²) in [6.45, 7) is 9.30. The molecule has 1 atom stereocenters. The third kappa shape index (κ3) is 3.45. The smallest absolute Gasteiger partial charge is 0.294 e. The summed E-state index contributed by atoms with van der Waals surface area (Å²) in [6, 6.07) is 7.59. The number of aliphatic imine (C=N–C) groups is 1. The number of amidine groups is 2. The van der Waals surface area contributed by atoms with Crippen molar-refractivity contribution in [1.29, 1.82) is 0 Å². The fraction of sp³-hybridized carbons (Fsp3) is 0.333. The van der Waals surface area contributed by atoms with E-state index in [2.05, 4.69) is 33.0 Å². The molecule has 0 fully saturated rings. The Morgan fingerprint density at radius 2 is 2.06 bits per heavy atom. The van der Waals surface area contributed by atoms with Gasteiger partial charge in [-0.15, -0.1) is 0 Å². The van der Waals surface area contributed by atoms with Crippen molar-refractivity contribution in [3.63, 3.8) is 0 Å². The number of hydrogen-bond acceptors (Lipinski definition) is 5. The first-order valence-corrected chi connectivity index (χ1v) is 10.7. The summed E-state index contributed by atoms with van der Waals surface area (Å²) in [4.78, 5) is 13.3. The Kier molecular flexibility index (Phi) is 5.00. The van der Waals surface area contributed by atoms with Crippen LogP contribution in [0.25, 0.3) is 11.4 Å². The highest BCUT2D eigenvalue weighted by molar-refractivity contribution is 6.08. The average molecular weight is 434 g/mol. The Hall–Kier alpha value is -3.55. The molecule has 0 spiro atoms. The van der Waals surface area contributed by atoms with Crippen LogP contribution in [0.1, 0.15) is 45.1 Å². The first-order valence-electron chi connectivity index (χ1n) is 10.7. The van der Waals surface area contributed by atoms with E-state index in [9.17, 15) is 4.39 Å². The van der Waals surface area contributed by atoms with E-state index in [1.807, 2.05) is 38.2 Å². The minimum absolute atomic E-state index is 0.326. The van der Waals surface area contributed by atoms with Crippen LogP contribution in [0.15, 0.2) is 47.8 Å². The molecular formula is C24H25FN5O2+. The van der Waals surface area contributed by atoms with Gasteiger partial charge in [0.2, 0.25) is 5.84 Å². The number of rotatable bonds is 5. The molecule has 2 aromatic heterocycles. The molecule has 2 aliphatic heterocycles. The fourth-order valence-corrected chi connectivity index (χ4v) is 4.19. The van der Waals surface area contributed by atoms with Crippen molar-refractivity contribution in [3.8, 4) is 22.9 Å². The summed E-state index contributed by atoms with van der Waals surface area (Å²) in [5, 5.41) is 0. The van der Waals surface area contributed by atoms with E-state index < -0.39 is 6.10 Å². The molecule has 4 heterocycles. The van der Waals surface area contributed by atoms with E-state index in [1.165, 1.54) is 6.20 Å². The molecule has 1 unspecified atom stereocenters. The van der Waals surface area contributed by atoms with E-state index >= 15 is 0 Å². The van der Waals surface area contributed by atoms with Crippen LogP contribution in [0.3, 0.4) is 0 Å². The molecule has 1 aromatic carbocycles. The molecule has 3 aromatic rings. The summed E-state index contributed by atoms with van der Waals surface area (Å²) < 4.78 is 30.3. The highest BCUT2D eigenvalue weighted by Gasteiger charge is 2.32. The van der Waals surface area contributed by atoms with Gasteiger partial charge in [-0.05, 0) is 39.0 Å². The van der Waals surface area contributed by atoms with Gasteiger partial charge >= 0.3 is 0 Å². The lowest BCUT2D eigenvalue weighted by atomic mass is 10.1. The minimum atomic E-state index is -0.464. The van der Waals surface area contributed by atoms with Gasteiger partial charge in [-0.25, -0.2) is 13.9 Å². The first-order chi connectivity index (χ1) is 15.4. The number of aromatic nitrogens is 3. The van der Waals surface area contributed by atoms with Crippen LogP contribution in [0, 0.1) is 5.82 Å².